The topological polar surface area (TPSA) is 58.6 Å². The van der Waals surface area contributed by atoms with Crippen molar-refractivity contribution in [2.45, 2.75) is 13.8 Å². The summed E-state index contributed by atoms with van der Waals surface area (Å²) in [5.74, 6) is -0.713. The van der Waals surface area contributed by atoms with Gasteiger partial charge in [-0.15, -0.1) is 0 Å². The first kappa shape index (κ1) is 20.3. The van der Waals surface area contributed by atoms with Gasteiger partial charge in [0.1, 0.15) is 17.3 Å². The molecule has 6 heteroatoms. The van der Waals surface area contributed by atoms with E-state index in [0.717, 1.165) is 10.5 Å². The van der Waals surface area contributed by atoms with Gasteiger partial charge in [-0.05, 0) is 61.4 Å². The molecule has 4 rings (SSSR count). The summed E-state index contributed by atoms with van der Waals surface area (Å²) >= 11 is 0. The first-order valence-electron chi connectivity index (χ1n) is 9.94. The summed E-state index contributed by atoms with van der Waals surface area (Å²) in [5.41, 5.74) is 2.57. The fourth-order valence-electron chi connectivity index (χ4n) is 3.54. The zero-order valence-corrected chi connectivity index (χ0v) is 17.2. The molecule has 2 amide bonds. The number of rotatable bonds is 6. The van der Waals surface area contributed by atoms with Crippen molar-refractivity contribution in [3.8, 4) is 5.75 Å². The Morgan fingerprint density at radius 2 is 1.68 bits per heavy atom. The molecule has 0 spiro atoms. The smallest absolute Gasteiger partial charge is 0.282 e. The number of aryl methyl sites for hydroxylation is 1. The summed E-state index contributed by atoms with van der Waals surface area (Å²) in [4.78, 5) is 28.0. The van der Waals surface area contributed by atoms with Gasteiger partial charge in [0.15, 0.2) is 0 Å². The lowest BCUT2D eigenvalue weighted by Gasteiger charge is -2.17. The second-order valence-electron chi connectivity index (χ2n) is 7.07. The van der Waals surface area contributed by atoms with Crippen LogP contribution in [0.5, 0.6) is 5.75 Å². The van der Waals surface area contributed by atoms with Crippen LogP contribution >= 0.6 is 0 Å². The third-order valence-corrected chi connectivity index (χ3v) is 4.99. The fraction of sp³-hybridized carbons (Fsp3) is 0.120. The monoisotopic (exact) mass is 416 g/mol. The van der Waals surface area contributed by atoms with Gasteiger partial charge in [0.05, 0.1) is 17.9 Å². The van der Waals surface area contributed by atoms with Crippen LogP contribution in [0.1, 0.15) is 18.1 Å². The molecular weight excluding hydrogens is 395 g/mol. The predicted molar refractivity (Wildman–Crippen MR) is 118 cm³/mol. The van der Waals surface area contributed by atoms with Crippen LogP contribution < -0.4 is 15.0 Å². The van der Waals surface area contributed by atoms with Crippen molar-refractivity contribution in [1.29, 1.82) is 0 Å². The van der Waals surface area contributed by atoms with Crippen molar-refractivity contribution >= 4 is 28.8 Å². The molecule has 0 atom stereocenters. The third kappa shape index (κ3) is 3.92. The van der Waals surface area contributed by atoms with E-state index in [-0.39, 0.29) is 11.3 Å². The maximum absolute atomic E-state index is 13.7. The largest absolute Gasteiger partial charge is 0.494 e. The second kappa shape index (κ2) is 8.44. The number of hydrogen-bond acceptors (Lipinski definition) is 4. The molecule has 1 N–H and O–H groups in total. The number of ether oxygens (including phenoxy) is 1. The van der Waals surface area contributed by atoms with Crippen LogP contribution in [0, 0.1) is 12.7 Å². The number of hydrogen-bond donors (Lipinski definition) is 1. The second-order valence-corrected chi connectivity index (χ2v) is 7.07. The third-order valence-electron chi connectivity index (χ3n) is 4.99. The van der Waals surface area contributed by atoms with E-state index in [9.17, 15) is 14.0 Å². The van der Waals surface area contributed by atoms with E-state index >= 15 is 0 Å². The number of amides is 2. The van der Waals surface area contributed by atoms with Crippen LogP contribution in [-0.4, -0.2) is 18.4 Å². The van der Waals surface area contributed by atoms with Gasteiger partial charge in [0.25, 0.3) is 11.8 Å². The van der Waals surface area contributed by atoms with Crippen molar-refractivity contribution in [3.05, 3.63) is 95.4 Å². The number of para-hydroxylation sites is 1. The van der Waals surface area contributed by atoms with E-state index in [2.05, 4.69) is 5.32 Å². The lowest BCUT2D eigenvalue weighted by atomic mass is 10.0. The molecule has 0 unspecified atom stereocenters. The average Bonchev–Trinajstić information content (AvgIpc) is 2.99. The van der Waals surface area contributed by atoms with E-state index in [4.69, 9.17) is 4.74 Å². The summed E-state index contributed by atoms with van der Waals surface area (Å²) in [6.07, 6.45) is 0. The molecule has 31 heavy (non-hydrogen) atoms. The van der Waals surface area contributed by atoms with Crippen LogP contribution in [0.4, 0.5) is 15.8 Å². The minimum Gasteiger partial charge on any atom is -0.494 e. The highest BCUT2D eigenvalue weighted by atomic mass is 19.1. The Morgan fingerprint density at radius 3 is 2.35 bits per heavy atom. The number of carbonyl (C=O) groups excluding carboxylic acids is 2. The lowest BCUT2D eigenvalue weighted by molar-refractivity contribution is -0.120. The molecule has 1 heterocycles. The molecule has 156 valence electrons. The number of nitrogens with one attached hydrogen (secondary N) is 1. The van der Waals surface area contributed by atoms with E-state index in [1.54, 1.807) is 42.5 Å². The lowest BCUT2D eigenvalue weighted by Crippen LogP contribution is -2.33. The van der Waals surface area contributed by atoms with Crippen molar-refractivity contribution in [2.24, 2.45) is 0 Å². The molecule has 0 bridgehead atoms. The molecule has 3 aromatic rings. The Morgan fingerprint density at radius 1 is 0.935 bits per heavy atom. The number of halogens is 1. The maximum atomic E-state index is 13.7. The van der Waals surface area contributed by atoms with Crippen LogP contribution in [-0.2, 0) is 9.59 Å². The highest BCUT2D eigenvalue weighted by molar-refractivity contribution is 6.46. The number of anilines is 2. The highest BCUT2D eigenvalue weighted by Gasteiger charge is 2.40. The molecule has 1 aliphatic rings. The van der Waals surface area contributed by atoms with Gasteiger partial charge < -0.3 is 10.1 Å². The van der Waals surface area contributed by atoms with E-state index < -0.39 is 17.6 Å². The van der Waals surface area contributed by atoms with Gasteiger partial charge in [-0.2, -0.15) is 0 Å². The minimum absolute atomic E-state index is 0.100. The number of nitrogens with zero attached hydrogens (tertiary/aromatic N) is 1. The fourth-order valence-corrected chi connectivity index (χ4v) is 3.54. The normalized spacial score (nSPS) is 13.7. The van der Waals surface area contributed by atoms with Gasteiger partial charge in [-0.1, -0.05) is 36.4 Å². The van der Waals surface area contributed by atoms with E-state index in [1.165, 1.54) is 18.2 Å². The van der Waals surface area contributed by atoms with Crippen molar-refractivity contribution in [3.63, 3.8) is 0 Å². The minimum atomic E-state index is -0.493. The SMILES string of the molecule is CCOc1ccc(C2=C(Nc3cccc(F)c3)C(=O)N(c3ccccc3C)C2=O)cc1. The Bertz CT molecular complexity index is 1190. The highest BCUT2D eigenvalue weighted by Crippen LogP contribution is 2.35. The maximum Gasteiger partial charge on any atom is 0.282 e. The zero-order valence-electron chi connectivity index (χ0n) is 17.2. The van der Waals surface area contributed by atoms with Crippen LogP contribution in [0.2, 0.25) is 0 Å². The van der Waals surface area contributed by atoms with Crippen LogP contribution in [0.15, 0.2) is 78.5 Å². The van der Waals surface area contributed by atoms with Crippen molar-refractivity contribution in [2.75, 3.05) is 16.8 Å². The Hall–Kier alpha value is -3.93. The van der Waals surface area contributed by atoms with Gasteiger partial charge in [-0.3, -0.25) is 9.59 Å². The van der Waals surface area contributed by atoms with E-state index in [1.807, 2.05) is 26.0 Å². The summed E-state index contributed by atoms with van der Waals surface area (Å²) in [6, 6.07) is 19.9. The summed E-state index contributed by atoms with van der Waals surface area (Å²) in [7, 11) is 0. The molecule has 0 aromatic heterocycles. The van der Waals surface area contributed by atoms with Gasteiger partial charge in [-0.25, -0.2) is 9.29 Å². The van der Waals surface area contributed by atoms with Crippen molar-refractivity contribution < 1.29 is 18.7 Å². The first-order valence-corrected chi connectivity index (χ1v) is 9.94. The molecule has 5 nitrogen and oxygen atoms in total. The molecule has 0 saturated carbocycles. The summed E-state index contributed by atoms with van der Waals surface area (Å²) in [5, 5.41) is 2.97. The Balaban J connectivity index is 1.81. The molecule has 0 radical (unpaired) electrons. The average molecular weight is 416 g/mol. The molecule has 0 fully saturated rings. The Kier molecular flexibility index (Phi) is 5.54. The van der Waals surface area contributed by atoms with Gasteiger partial charge in [0, 0.05) is 5.69 Å². The number of benzene rings is 3. The molecule has 0 aliphatic carbocycles. The molecule has 0 saturated heterocycles. The molecule has 1 aliphatic heterocycles. The number of carbonyl (C=O) groups is 2. The summed E-state index contributed by atoms with van der Waals surface area (Å²) < 4.78 is 19.2. The number of imide groups is 1. The predicted octanol–water partition coefficient (Wildman–Crippen LogP) is 4.93. The molecule has 3 aromatic carbocycles. The Labute approximate surface area is 179 Å². The van der Waals surface area contributed by atoms with E-state index in [0.29, 0.717) is 29.3 Å². The standard InChI is InChI=1S/C25H21FN2O3/c1-3-31-20-13-11-17(12-14-20)22-23(27-19-9-6-8-18(26)15-19)25(30)28(24(22)29)21-10-5-4-7-16(21)2/h4-15,27H,3H2,1-2H3. The van der Waals surface area contributed by atoms with Gasteiger partial charge in [0.2, 0.25) is 0 Å². The van der Waals surface area contributed by atoms with Crippen LogP contribution in [0.3, 0.4) is 0 Å². The van der Waals surface area contributed by atoms with Crippen molar-refractivity contribution in [1.82, 2.24) is 0 Å². The first-order chi connectivity index (χ1) is 15.0. The summed E-state index contributed by atoms with van der Waals surface area (Å²) in [6.45, 7) is 4.24. The zero-order chi connectivity index (χ0) is 22.0. The quantitative estimate of drug-likeness (QED) is 0.579. The van der Waals surface area contributed by atoms with Gasteiger partial charge >= 0.3 is 0 Å². The molecular formula is C25H21FN2O3. The van der Waals surface area contributed by atoms with Crippen LogP contribution in [0.25, 0.3) is 5.57 Å².